The van der Waals surface area contributed by atoms with Crippen molar-refractivity contribution in [2.75, 3.05) is 4.90 Å². The second kappa shape index (κ2) is 9.53. The van der Waals surface area contributed by atoms with Gasteiger partial charge in [-0.05, 0) is 83.6 Å². The average molecular weight is 592 g/mol. The fourth-order valence-corrected chi connectivity index (χ4v) is 8.72. The summed E-state index contributed by atoms with van der Waals surface area (Å²) in [5, 5.41) is 4.57. The monoisotopic (exact) mass is 591 g/mol. The van der Waals surface area contributed by atoms with Crippen molar-refractivity contribution < 1.29 is 0 Å². The highest BCUT2D eigenvalue weighted by Gasteiger charge is 2.27. The lowest BCUT2D eigenvalue weighted by atomic mass is 10.1. The molecule has 198 valence electrons. The zero-order chi connectivity index (χ0) is 27.6. The van der Waals surface area contributed by atoms with Crippen LogP contribution in [0.1, 0.15) is 0 Å². The average Bonchev–Trinajstić information content (AvgIpc) is 3.68. The Morgan fingerprint density at radius 3 is 1.62 bits per heavy atom. The molecular formula is C36H21N3S3. The molecule has 6 aromatic carbocycles. The molecule has 0 aliphatic carbocycles. The van der Waals surface area contributed by atoms with Gasteiger partial charge in [-0.1, -0.05) is 66.4 Å². The van der Waals surface area contributed by atoms with Gasteiger partial charge in [0.05, 0.1) is 31.8 Å². The van der Waals surface area contributed by atoms with Crippen molar-refractivity contribution in [1.29, 1.82) is 0 Å². The first-order chi connectivity index (χ1) is 20.8. The van der Waals surface area contributed by atoms with Crippen LogP contribution in [-0.4, -0.2) is 9.97 Å². The minimum absolute atomic E-state index is 1.05. The number of para-hydroxylation sites is 2. The van der Waals surface area contributed by atoms with Crippen LogP contribution in [0.5, 0.6) is 0 Å². The lowest BCUT2D eigenvalue weighted by molar-refractivity contribution is 1.17. The van der Waals surface area contributed by atoms with Crippen LogP contribution in [0.25, 0.3) is 52.3 Å². The Morgan fingerprint density at radius 2 is 1.02 bits per heavy atom. The van der Waals surface area contributed by atoms with Gasteiger partial charge in [0.15, 0.2) is 0 Å². The molecule has 0 atom stereocenters. The van der Waals surface area contributed by atoms with Crippen LogP contribution < -0.4 is 4.90 Å². The third kappa shape index (κ3) is 3.95. The second-order valence-electron chi connectivity index (χ2n) is 10.3. The maximum Gasteiger partial charge on any atom is 0.124 e. The van der Waals surface area contributed by atoms with E-state index >= 15 is 0 Å². The Hall–Kier alpha value is -4.49. The smallest absolute Gasteiger partial charge is 0.124 e. The van der Waals surface area contributed by atoms with Gasteiger partial charge < -0.3 is 4.90 Å². The Morgan fingerprint density at radius 1 is 0.476 bits per heavy atom. The molecular weight excluding hydrogens is 571 g/mol. The summed E-state index contributed by atoms with van der Waals surface area (Å²) in [6, 6.07) is 45.6. The molecule has 0 spiro atoms. The van der Waals surface area contributed by atoms with Crippen molar-refractivity contribution in [1.82, 2.24) is 9.97 Å². The molecule has 0 fully saturated rings. The number of aromatic nitrogens is 2. The first kappa shape index (κ1) is 24.1. The van der Waals surface area contributed by atoms with E-state index in [2.05, 4.69) is 132 Å². The van der Waals surface area contributed by atoms with Crippen LogP contribution in [0.3, 0.4) is 0 Å². The van der Waals surface area contributed by atoms with Crippen molar-refractivity contribution in [2.45, 2.75) is 9.79 Å². The highest BCUT2D eigenvalue weighted by Crippen LogP contribution is 2.53. The van der Waals surface area contributed by atoms with E-state index in [0.717, 1.165) is 37.9 Å². The minimum Gasteiger partial charge on any atom is -0.308 e. The molecule has 0 saturated heterocycles. The quantitative estimate of drug-likeness (QED) is 0.204. The molecule has 0 N–H and O–H groups in total. The zero-order valence-corrected chi connectivity index (χ0v) is 24.6. The molecule has 0 radical (unpaired) electrons. The van der Waals surface area contributed by atoms with Crippen LogP contribution in [-0.2, 0) is 0 Å². The van der Waals surface area contributed by atoms with E-state index in [1.165, 1.54) is 41.3 Å². The summed E-state index contributed by atoms with van der Waals surface area (Å²) in [6.45, 7) is 0. The molecule has 3 nitrogen and oxygen atoms in total. The Balaban J connectivity index is 1.21. The third-order valence-electron chi connectivity index (χ3n) is 7.69. The van der Waals surface area contributed by atoms with E-state index < -0.39 is 0 Å². The van der Waals surface area contributed by atoms with Crippen molar-refractivity contribution in [2.24, 2.45) is 0 Å². The van der Waals surface area contributed by atoms with E-state index in [1.807, 2.05) is 11.8 Å². The summed E-state index contributed by atoms with van der Waals surface area (Å²) in [5.41, 5.74) is 7.90. The van der Waals surface area contributed by atoms with E-state index in [4.69, 9.17) is 9.97 Å². The topological polar surface area (TPSA) is 29.0 Å². The summed E-state index contributed by atoms with van der Waals surface area (Å²) >= 11 is 5.32. The van der Waals surface area contributed by atoms with Crippen molar-refractivity contribution in [3.05, 3.63) is 127 Å². The fourth-order valence-electron chi connectivity index (χ4n) is 5.66. The zero-order valence-electron chi connectivity index (χ0n) is 22.2. The predicted molar refractivity (Wildman–Crippen MR) is 180 cm³/mol. The highest BCUT2D eigenvalue weighted by atomic mass is 32.2. The van der Waals surface area contributed by atoms with Gasteiger partial charge in [-0.15, -0.1) is 22.7 Å². The van der Waals surface area contributed by atoms with Gasteiger partial charge in [-0.2, -0.15) is 0 Å². The lowest BCUT2D eigenvalue weighted by Crippen LogP contribution is -2.15. The van der Waals surface area contributed by atoms with Crippen molar-refractivity contribution >= 4 is 82.7 Å². The van der Waals surface area contributed by atoms with Crippen molar-refractivity contribution in [3.8, 4) is 21.1 Å². The molecule has 1 aliphatic heterocycles. The predicted octanol–water partition coefficient (Wildman–Crippen LogP) is 11.3. The summed E-state index contributed by atoms with van der Waals surface area (Å²) in [7, 11) is 0. The maximum atomic E-state index is 4.95. The summed E-state index contributed by atoms with van der Waals surface area (Å²) in [4.78, 5) is 14.7. The van der Waals surface area contributed by atoms with Crippen LogP contribution in [0.4, 0.5) is 17.1 Å². The number of benzene rings is 6. The summed E-state index contributed by atoms with van der Waals surface area (Å²) in [6.07, 6.45) is 0. The molecule has 0 amide bonds. The van der Waals surface area contributed by atoms with Gasteiger partial charge in [0.2, 0.25) is 0 Å². The summed E-state index contributed by atoms with van der Waals surface area (Å²) in [5.74, 6) is 0. The second-order valence-corrected chi connectivity index (χ2v) is 13.5. The standard InChI is InChI=1S/C36H21N3S3/c1-2-8-23-19-26(16-13-22(23)7-1)39-29-17-14-24(35-37-27-9-3-5-11-31(27)41-35)20-33(29)40-34-21-25(15-18-30(34)39)36-38-28-10-4-6-12-32(28)42-36/h1-21H. The Labute approximate surface area is 254 Å². The molecule has 1 aliphatic rings. The molecule has 0 unspecified atom stereocenters. The molecule has 0 saturated carbocycles. The number of thiazole rings is 2. The molecule has 0 bridgehead atoms. The molecule has 9 rings (SSSR count). The van der Waals surface area contributed by atoms with Gasteiger partial charge in [-0.25, -0.2) is 9.97 Å². The number of rotatable bonds is 3. The van der Waals surface area contributed by atoms with Gasteiger partial charge >= 0.3 is 0 Å². The van der Waals surface area contributed by atoms with Gasteiger partial charge in [-0.3, -0.25) is 0 Å². The number of fused-ring (bicyclic) bond motifs is 5. The molecule has 42 heavy (non-hydrogen) atoms. The molecule has 6 heteroatoms. The van der Waals surface area contributed by atoms with Crippen LogP contribution >= 0.6 is 34.4 Å². The normalized spacial score (nSPS) is 12.6. The first-order valence-electron chi connectivity index (χ1n) is 13.7. The lowest BCUT2D eigenvalue weighted by Gasteiger charge is -2.33. The number of nitrogens with zero attached hydrogens (tertiary/aromatic N) is 3. The van der Waals surface area contributed by atoms with Gasteiger partial charge in [0.25, 0.3) is 0 Å². The van der Waals surface area contributed by atoms with Gasteiger partial charge in [0, 0.05) is 26.6 Å². The van der Waals surface area contributed by atoms with Crippen LogP contribution in [0, 0.1) is 0 Å². The Kier molecular flexibility index (Phi) is 5.48. The first-order valence-corrected chi connectivity index (χ1v) is 16.2. The van der Waals surface area contributed by atoms with Gasteiger partial charge in [0.1, 0.15) is 10.0 Å². The van der Waals surface area contributed by atoms with Crippen LogP contribution in [0.2, 0.25) is 0 Å². The number of hydrogen-bond acceptors (Lipinski definition) is 6. The van der Waals surface area contributed by atoms with Crippen LogP contribution in [0.15, 0.2) is 137 Å². The third-order valence-corrected chi connectivity index (χ3v) is 11.0. The Bertz CT molecular complexity index is 2130. The van der Waals surface area contributed by atoms with E-state index in [-0.39, 0.29) is 0 Å². The molecule has 2 aromatic heterocycles. The van der Waals surface area contributed by atoms with E-state index in [9.17, 15) is 0 Å². The maximum absolute atomic E-state index is 4.95. The number of hydrogen-bond donors (Lipinski definition) is 0. The van der Waals surface area contributed by atoms with Crippen molar-refractivity contribution in [3.63, 3.8) is 0 Å². The minimum atomic E-state index is 1.05. The number of anilines is 3. The molecule has 3 heterocycles. The van der Waals surface area contributed by atoms with E-state index in [1.54, 1.807) is 22.7 Å². The highest BCUT2D eigenvalue weighted by molar-refractivity contribution is 7.99. The SMILES string of the molecule is c1ccc2cc(N3c4ccc(-c5nc6ccccc6s5)cc4Sc4cc(-c5nc6ccccc6s5)ccc43)ccc2c1. The molecule has 8 aromatic rings. The van der Waals surface area contributed by atoms with E-state index in [0.29, 0.717) is 0 Å². The fraction of sp³-hybridized carbons (Fsp3) is 0. The largest absolute Gasteiger partial charge is 0.308 e. The summed E-state index contributed by atoms with van der Waals surface area (Å²) < 4.78 is 2.42.